The third kappa shape index (κ3) is 3.43. The molecule has 0 heterocycles. The quantitative estimate of drug-likeness (QED) is 0.770. The molecule has 0 saturated heterocycles. The first-order valence-corrected chi connectivity index (χ1v) is 8.78. The number of nitrogens with one attached hydrogen (secondary N) is 1. The van der Waals surface area contributed by atoms with Crippen molar-refractivity contribution in [1.29, 1.82) is 0 Å². The minimum Gasteiger partial charge on any atom is -0.280 e. The number of hydrogen-bond donors (Lipinski definition) is 1. The Hall–Kier alpha value is -2.59. The van der Waals surface area contributed by atoms with Gasteiger partial charge in [0.15, 0.2) is 0 Å². The van der Waals surface area contributed by atoms with Crippen LogP contribution >= 0.6 is 0 Å². The Morgan fingerprint density at radius 2 is 1.48 bits per heavy atom. The largest absolute Gasteiger partial charge is 0.280 e. The van der Waals surface area contributed by atoms with Gasteiger partial charge in [-0.25, -0.2) is 8.42 Å². The van der Waals surface area contributed by atoms with E-state index in [0.717, 1.165) is 16.7 Å². The highest BCUT2D eigenvalue weighted by molar-refractivity contribution is 7.92. The Kier molecular flexibility index (Phi) is 4.17. The smallest absolute Gasteiger partial charge is 0.261 e. The fraction of sp³-hybridized carbons (Fsp3) is 0.0526. The lowest BCUT2D eigenvalue weighted by atomic mass is 10.0. The molecule has 3 nitrogen and oxygen atoms in total. The molecular formula is C19H17NO2S. The van der Waals surface area contributed by atoms with E-state index in [-0.39, 0.29) is 4.90 Å². The summed E-state index contributed by atoms with van der Waals surface area (Å²) in [5.41, 5.74) is 3.58. The van der Waals surface area contributed by atoms with Crippen molar-refractivity contribution in [1.82, 2.24) is 0 Å². The van der Waals surface area contributed by atoms with Crippen LogP contribution in [0.4, 0.5) is 5.69 Å². The molecule has 0 radical (unpaired) electrons. The van der Waals surface area contributed by atoms with Crippen molar-refractivity contribution in [3.63, 3.8) is 0 Å². The number of aryl methyl sites for hydroxylation is 1. The molecule has 0 saturated carbocycles. The monoisotopic (exact) mass is 323 g/mol. The topological polar surface area (TPSA) is 46.2 Å². The van der Waals surface area contributed by atoms with E-state index in [9.17, 15) is 8.42 Å². The number of hydrogen-bond acceptors (Lipinski definition) is 2. The third-order valence-electron chi connectivity index (χ3n) is 3.63. The van der Waals surface area contributed by atoms with Gasteiger partial charge in [-0.05, 0) is 47.9 Å². The van der Waals surface area contributed by atoms with Gasteiger partial charge < -0.3 is 0 Å². The Bertz CT molecular complexity index is 919. The van der Waals surface area contributed by atoms with Crippen LogP contribution < -0.4 is 4.72 Å². The molecule has 23 heavy (non-hydrogen) atoms. The number of sulfonamides is 1. The molecule has 116 valence electrons. The van der Waals surface area contributed by atoms with Crippen LogP contribution in [-0.2, 0) is 10.0 Å². The van der Waals surface area contributed by atoms with Gasteiger partial charge in [-0.15, -0.1) is 0 Å². The van der Waals surface area contributed by atoms with Crippen molar-refractivity contribution in [2.24, 2.45) is 0 Å². The lowest BCUT2D eigenvalue weighted by Crippen LogP contribution is -2.12. The number of para-hydroxylation sites is 1. The van der Waals surface area contributed by atoms with Crippen molar-refractivity contribution in [3.8, 4) is 11.1 Å². The first-order chi connectivity index (χ1) is 11.1. The molecule has 0 atom stereocenters. The van der Waals surface area contributed by atoms with Crippen molar-refractivity contribution < 1.29 is 8.42 Å². The van der Waals surface area contributed by atoms with Crippen molar-refractivity contribution in [2.45, 2.75) is 11.8 Å². The number of rotatable bonds is 4. The zero-order chi connectivity index (χ0) is 16.3. The minimum absolute atomic E-state index is 0.252. The summed E-state index contributed by atoms with van der Waals surface area (Å²) in [6.45, 7) is 2.01. The molecule has 3 aromatic carbocycles. The van der Waals surface area contributed by atoms with E-state index in [4.69, 9.17) is 0 Å². The second kappa shape index (κ2) is 6.26. The summed E-state index contributed by atoms with van der Waals surface area (Å²) in [6, 6.07) is 23.8. The summed E-state index contributed by atoms with van der Waals surface area (Å²) in [7, 11) is -3.61. The van der Waals surface area contributed by atoms with Crippen LogP contribution in [0.5, 0.6) is 0 Å². The van der Waals surface area contributed by atoms with Crippen LogP contribution in [0.15, 0.2) is 83.8 Å². The standard InChI is InChI=1S/C19H17NO2S/c1-15-8-5-6-13-19(15)16-9-7-12-18(14-16)23(21,22)20-17-10-3-2-4-11-17/h2-14,20H,1H3. The summed E-state index contributed by atoms with van der Waals surface area (Å²) in [6.07, 6.45) is 0. The van der Waals surface area contributed by atoms with E-state index in [0.29, 0.717) is 5.69 Å². The SMILES string of the molecule is Cc1ccccc1-c1cccc(S(=O)(=O)Nc2ccccc2)c1. The fourth-order valence-electron chi connectivity index (χ4n) is 2.45. The van der Waals surface area contributed by atoms with Crippen LogP contribution in [0.3, 0.4) is 0 Å². The van der Waals surface area contributed by atoms with E-state index in [2.05, 4.69) is 4.72 Å². The van der Waals surface area contributed by atoms with Gasteiger partial charge in [-0.3, -0.25) is 4.72 Å². The van der Waals surface area contributed by atoms with Crippen LogP contribution in [0.2, 0.25) is 0 Å². The molecule has 0 fully saturated rings. The molecular weight excluding hydrogens is 306 g/mol. The highest BCUT2D eigenvalue weighted by Gasteiger charge is 2.15. The highest BCUT2D eigenvalue weighted by Crippen LogP contribution is 2.26. The maximum Gasteiger partial charge on any atom is 0.261 e. The van der Waals surface area contributed by atoms with E-state index in [1.54, 1.807) is 42.5 Å². The summed E-state index contributed by atoms with van der Waals surface area (Å²) in [5, 5.41) is 0. The predicted octanol–water partition coefficient (Wildman–Crippen LogP) is 4.46. The van der Waals surface area contributed by atoms with Crippen molar-refractivity contribution in [2.75, 3.05) is 4.72 Å². The van der Waals surface area contributed by atoms with Crippen LogP contribution in [0.1, 0.15) is 5.56 Å². The zero-order valence-corrected chi connectivity index (χ0v) is 13.5. The first-order valence-electron chi connectivity index (χ1n) is 7.30. The normalized spacial score (nSPS) is 11.2. The van der Waals surface area contributed by atoms with Gasteiger partial charge in [0.25, 0.3) is 10.0 Å². The van der Waals surface area contributed by atoms with Gasteiger partial charge in [0.1, 0.15) is 0 Å². The van der Waals surface area contributed by atoms with Crippen molar-refractivity contribution in [3.05, 3.63) is 84.4 Å². The molecule has 0 aliphatic heterocycles. The molecule has 0 unspecified atom stereocenters. The van der Waals surface area contributed by atoms with Gasteiger partial charge in [-0.2, -0.15) is 0 Å². The highest BCUT2D eigenvalue weighted by atomic mass is 32.2. The maximum atomic E-state index is 12.6. The summed E-state index contributed by atoms with van der Waals surface area (Å²) < 4.78 is 27.7. The Balaban J connectivity index is 1.98. The average Bonchev–Trinajstić information content (AvgIpc) is 2.56. The van der Waals surface area contributed by atoms with Gasteiger partial charge >= 0.3 is 0 Å². The van der Waals surface area contributed by atoms with Crippen LogP contribution in [0.25, 0.3) is 11.1 Å². The van der Waals surface area contributed by atoms with E-state index < -0.39 is 10.0 Å². The maximum absolute atomic E-state index is 12.6. The molecule has 0 aliphatic rings. The molecule has 4 heteroatoms. The van der Waals surface area contributed by atoms with E-state index in [1.807, 2.05) is 43.3 Å². The molecule has 0 aliphatic carbocycles. The lowest BCUT2D eigenvalue weighted by molar-refractivity contribution is 0.601. The molecule has 0 bridgehead atoms. The summed E-state index contributed by atoms with van der Waals surface area (Å²) >= 11 is 0. The Morgan fingerprint density at radius 3 is 2.22 bits per heavy atom. The van der Waals surface area contributed by atoms with E-state index >= 15 is 0 Å². The van der Waals surface area contributed by atoms with Crippen LogP contribution in [-0.4, -0.2) is 8.42 Å². The molecule has 3 aromatic rings. The molecule has 0 aromatic heterocycles. The number of anilines is 1. The molecule has 3 rings (SSSR count). The van der Waals surface area contributed by atoms with Gasteiger partial charge in [0.05, 0.1) is 4.90 Å². The average molecular weight is 323 g/mol. The predicted molar refractivity (Wildman–Crippen MR) is 93.9 cm³/mol. The Labute approximate surface area is 136 Å². The summed E-state index contributed by atoms with van der Waals surface area (Å²) in [5.74, 6) is 0. The minimum atomic E-state index is -3.61. The van der Waals surface area contributed by atoms with Crippen molar-refractivity contribution >= 4 is 15.7 Å². The third-order valence-corrected chi connectivity index (χ3v) is 5.01. The first kappa shape index (κ1) is 15.3. The van der Waals surface area contributed by atoms with Gasteiger partial charge in [0.2, 0.25) is 0 Å². The number of benzene rings is 3. The molecule has 0 amide bonds. The van der Waals surface area contributed by atoms with Crippen LogP contribution in [0, 0.1) is 6.92 Å². The molecule has 0 spiro atoms. The lowest BCUT2D eigenvalue weighted by Gasteiger charge is -2.10. The second-order valence-corrected chi connectivity index (χ2v) is 7.00. The zero-order valence-electron chi connectivity index (χ0n) is 12.7. The van der Waals surface area contributed by atoms with E-state index in [1.165, 1.54) is 0 Å². The summed E-state index contributed by atoms with van der Waals surface area (Å²) in [4.78, 5) is 0.252. The van der Waals surface area contributed by atoms with Gasteiger partial charge in [0, 0.05) is 5.69 Å². The van der Waals surface area contributed by atoms with Gasteiger partial charge in [-0.1, -0.05) is 54.6 Å². The Morgan fingerprint density at radius 1 is 0.783 bits per heavy atom. The molecule has 1 N–H and O–H groups in total. The fourth-order valence-corrected chi connectivity index (χ4v) is 3.55. The second-order valence-electron chi connectivity index (χ2n) is 5.31.